The van der Waals surface area contributed by atoms with Gasteiger partial charge in [0.05, 0.1) is 5.69 Å². The van der Waals surface area contributed by atoms with Gasteiger partial charge in [-0.05, 0) is 49.2 Å². The number of aryl methyl sites for hydroxylation is 2. The van der Waals surface area contributed by atoms with Crippen LogP contribution in [0.4, 0.5) is 17.1 Å². The average Bonchev–Trinajstić information content (AvgIpc) is 2.70. The SMILES string of the molecule is CCC(=O)Nc1cccc(NC(=O)C2=NN(c3cc(C)ccc3C)C(=O)CC2)c1. The molecule has 0 saturated heterocycles. The highest BCUT2D eigenvalue weighted by Crippen LogP contribution is 2.26. The Balaban J connectivity index is 1.80. The van der Waals surface area contributed by atoms with E-state index in [2.05, 4.69) is 15.7 Å². The van der Waals surface area contributed by atoms with Crippen molar-refractivity contribution in [3.8, 4) is 0 Å². The first kappa shape index (κ1) is 20.3. The molecule has 0 radical (unpaired) electrons. The summed E-state index contributed by atoms with van der Waals surface area (Å²) < 4.78 is 0. The van der Waals surface area contributed by atoms with Crippen molar-refractivity contribution >= 4 is 40.5 Å². The van der Waals surface area contributed by atoms with Gasteiger partial charge in [-0.3, -0.25) is 14.4 Å². The van der Waals surface area contributed by atoms with Crippen LogP contribution in [0.5, 0.6) is 0 Å². The first-order valence-corrected chi connectivity index (χ1v) is 9.56. The van der Waals surface area contributed by atoms with Gasteiger partial charge < -0.3 is 10.6 Å². The summed E-state index contributed by atoms with van der Waals surface area (Å²) in [6, 6.07) is 12.7. The number of benzene rings is 2. The highest BCUT2D eigenvalue weighted by atomic mass is 16.2. The Bertz CT molecular complexity index is 997. The molecule has 0 aliphatic carbocycles. The molecule has 2 aromatic rings. The molecular weight excluding hydrogens is 368 g/mol. The molecule has 150 valence electrons. The van der Waals surface area contributed by atoms with Gasteiger partial charge in [0.1, 0.15) is 5.71 Å². The smallest absolute Gasteiger partial charge is 0.271 e. The number of anilines is 3. The highest BCUT2D eigenvalue weighted by molar-refractivity contribution is 6.44. The van der Waals surface area contributed by atoms with Gasteiger partial charge in [-0.15, -0.1) is 0 Å². The zero-order valence-corrected chi connectivity index (χ0v) is 16.8. The van der Waals surface area contributed by atoms with E-state index in [1.807, 2.05) is 32.0 Å². The van der Waals surface area contributed by atoms with E-state index >= 15 is 0 Å². The number of hydrogen-bond donors (Lipinski definition) is 2. The number of rotatable bonds is 5. The number of carbonyl (C=O) groups excluding carboxylic acids is 3. The summed E-state index contributed by atoms with van der Waals surface area (Å²) in [4.78, 5) is 36.7. The molecule has 1 heterocycles. The normalized spacial score (nSPS) is 13.7. The Kier molecular flexibility index (Phi) is 6.07. The fourth-order valence-corrected chi connectivity index (χ4v) is 2.98. The van der Waals surface area contributed by atoms with Crippen molar-refractivity contribution in [1.82, 2.24) is 0 Å². The van der Waals surface area contributed by atoms with Gasteiger partial charge in [-0.2, -0.15) is 5.10 Å². The van der Waals surface area contributed by atoms with Crippen molar-refractivity contribution in [3.63, 3.8) is 0 Å². The number of nitrogens with zero attached hydrogens (tertiary/aromatic N) is 2. The van der Waals surface area contributed by atoms with E-state index in [-0.39, 0.29) is 36.3 Å². The van der Waals surface area contributed by atoms with Crippen LogP contribution in [0.2, 0.25) is 0 Å². The lowest BCUT2D eigenvalue weighted by Gasteiger charge is -2.24. The van der Waals surface area contributed by atoms with Crippen LogP contribution in [-0.4, -0.2) is 23.4 Å². The quantitative estimate of drug-likeness (QED) is 0.811. The minimum absolute atomic E-state index is 0.104. The summed E-state index contributed by atoms with van der Waals surface area (Å²) in [6.07, 6.45) is 0.861. The lowest BCUT2D eigenvalue weighted by molar-refractivity contribution is -0.119. The lowest BCUT2D eigenvalue weighted by Crippen LogP contribution is -2.36. The van der Waals surface area contributed by atoms with Crippen LogP contribution in [0.15, 0.2) is 47.6 Å². The first-order valence-electron chi connectivity index (χ1n) is 9.56. The van der Waals surface area contributed by atoms with Gasteiger partial charge in [0.2, 0.25) is 11.8 Å². The number of amides is 3. The van der Waals surface area contributed by atoms with Crippen molar-refractivity contribution in [2.24, 2.45) is 5.10 Å². The topological polar surface area (TPSA) is 90.9 Å². The van der Waals surface area contributed by atoms with E-state index in [1.54, 1.807) is 31.2 Å². The molecule has 0 bridgehead atoms. The van der Waals surface area contributed by atoms with Gasteiger partial charge in [0.15, 0.2) is 0 Å². The molecule has 3 amide bonds. The minimum Gasteiger partial charge on any atom is -0.326 e. The minimum atomic E-state index is -0.369. The Hall–Kier alpha value is -3.48. The summed E-state index contributed by atoms with van der Waals surface area (Å²) in [7, 11) is 0. The third kappa shape index (κ3) is 4.87. The fourth-order valence-electron chi connectivity index (χ4n) is 2.98. The Labute approximate surface area is 169 Å². The molecule has 0 unspecified atom stereocenters. The number of hydrazone groups is 1. The largest absolute Gasteiger partial charge is 0.326 e. The number of carbonyl (C=O) groups is 3. The molecule has 29 heavy (non-hydrogen) atoms. The maximum atomic E-state index is 12.7. The van der Waals surface area contributed by atoms with Crippen LogP contribution >= 0.6 is 0 Å². The van der Waals surface area contributed by atoms with E-state index < -0.39 is 0 Å². The van der Waals surface area contributed by atoms with E-state index in [0.29, 0.717) is 23.5 Å². The van der Waals surface area contributed by atoms with Gasteiger partial charge in [-0.1, -0.05) is 25.1 Å². The molecule has 7 nitrogen and oxygen atoms in total. The second-order valence-corrected chi connectivity index (χ2v) is 6.98. The third-order valence-corrected chi connectivity index (χ3v) is 4.61. The number of nitrogens with one attached hydrogen (secondary N) is 2. The van der Waals surface area contributed by atoms with Gasteiger partial charge >= 0.3 is 0 Å². The van der Waals surface area contributed by atoms with Gasteiger partial charge in [0.25, 0.3) is 5.91 Å². The summed E-state index contributed by atoms with van der Waals surface area (Å²) >= 11 is 0. The van der Waals surface area contributed by atoms with Crippen LogP contribution in [0.1, 0.15) is 37.3 Å². The highest BCUT2D eigenvalue weighted by Gasteiger charge is 2.26. The number of hydrogen-bond acceptors (Lipinski definition) is 4. The maximum absolute atomic E-state index is 12.7. The van der Waals surface area contributed by atoms with Crippen LogP contribution in [-0.2, 0) is 14.4 Å². The van der Waals surface area contributed by atoms with E-state index in [1.165, 1.54) is 5.01 Å². The van der Waals surface area contributed by atoms with E-state index in [0.717, 1.165) is 11.1 Å². The van der Waals surface area contributed by atoms with Crippen LogP contribution < -0.4 is 15.6 Å². The van der Waals surface area contributed by atoms with E-state index in [9.17, 15) is 14.4 Å². The zero-order valence-electron chi connectivity index (χ0n) is 16.8. The Morgan fingerprint density at radius 2 is 1.76 bits per heavy atom. The third-order valence-electron chi connectivity index (χ3n) is 4.61. The molecule has 0 fully saturated rings. The molecule has 7 heteroatoms. The van der Waals surface area contributed by atoms with Gasteiger partial charge in [0, 0.05) is 30.6 Å². The zero-order chi connectivity index (χ0) is 21.0. The van der Waals surface area contributed by atoms with Crippen molar-refractivity contribution in [1.29, 1.82) is 0 Å². The molecular formula is C22H24N4O3. The fraction of sp³-hybridized carbons (Fsp3) is 0.273. The van der Waals surface area contributed by atoms with Crippen molar-refractivity contribution < 1.29 is 14.4 Å². The van der Waals surface area contributed by atoms with Crippen LogP contribution in [0.25, 0.3) is 0 Å². The van der Waals surface area contributed by atoms with Crippen LogP contribution in [0, 0.1) is 13.8 Å². The van der Waals surface area contributed by atoms with Crippen molar-refractivity contribution in [2.45, 2.75) is 40.0 Å². The van der Waals surface area contributed by atoms with Gasteiger partial charge in [-0.25, -0.2) is 5.01 Å². The second kappa shape index (κ2) is 8.68. The molecule has 2 N–H and O–H groups in total. The molecule has 0 aromatic heterocycles. The summed E-state index contributed by atoms with van der Waals surface area (Å²) in [5, 5.41) is 11.2. The molecule has 0 atom stereocenters. The molecule has 2 aromatic carbocycles. The van der Waals surface area contributed by atoms with Crippen molar-refractivity contribution in [2.75, 3.05) is 15.6 Å². The predicted molar refractivity (Wildman–Crippen MR) is 114 cm³/mol. The Morgan fingerprint density at radius 3 is 2.48 bits per heavy atom. The maximum Gasteiger partial charge on any atom is 0.271 e. The monoisotopic (exact) mass is 392 g/mol. The molecule has 0 spiro atoms. The summed E-state index contributed by atoms with van der Waals surface area (Å²) in [5.74, 6) is -0.612. The summed E-state index contributed by atoms with van der Waals surface area (Å²) in [6.45, 7) is 5.62. The molecule has 1 aliphatic heterocycles. The van der Waals surface area contributed by atoms with E-state index in [4.69, 9.17) is 0 Å². The van der Waals surface area contributed by atoms with Crippen LogP contribution in [0.3, 0.4) is 0 Å². The molecule has 3 rings (SSSR count). The summed E-state index contributed by atoms with van der Waals surface area (Å²) in [5.41, 5.74) is 4.04. The van der Waals surface area contributed by atoms with Crippen molar-refractivity contribution in [3.05, 3.63) is 53.6 Å². The predicted octanol–water partition coefficient (Wildman–Crippen LogP) is 3.77. The standard InChI is InChI=1S/C22H24N4O3/c1-4-20(27)23-16-6-5-7-17(13-16)24-22(29)18-10-11-21(28)26(25-18)19-12-14(2)8-9-15(19)3/h5-9,12-13H,4,10-11H2,1-3H3,(H,23,27)(H,24,29). The first-order chi connectivity index (χ1) is 13.9. The average molecular weight is 392 g/mol. The lowest BCUT2D eigenvalue weighted by atomic mass is 10.1. The second-order valence-electron chi connectivity index (χ2n) is 6.98. The Morgan fingerprint density at radius 1 is 1.03 bits per heavy atom. The molecule has 0 saturated carbocycles. The molecule has 1 aliphatic rings.